The molecule has 1 unspecified atom stereocenters. The number of carbonyl (C=O) groups excluding carboxylic acids is 1. The predicted octanol–water partition coefficient (Wildman–Crippen LogP) is 1.87. The Balaban J connectivity index is 1.57. The van der Waals surface area contributed by atoms with Crippen molar-refractivity contribution in [2.24, 2.45) is 0 Å². The van der Waals surface area contributed by atoms with Gasteiger partial charge in [0.1, 0.15) is 0 Å². The Kier molecular flexibility index (Phi) is 4.35. The number of carbonyl (C=O) groups is 1. The van der Waals surface area contributed by atoms with E-state index < -0.39 is 0 Å². The fourth-order valence-corrected chi connectivity index (χ4v) is 5.01. The van der Waals surface area contributed by atoms with E-state index in [1.807, 2.05) is 35.7 Å². The van der Waals surface area contributed by atoms with Gasteiger partial charge in [-0.05, 0) is 23.3 Å². The van der Waals surface area contributed by atoms with Gasteiger partial charge in [-0.2, -0.15) is 23.5 Å². The third kappa shape index (κ3) is 3.27. The van der Waals surface area contributed by atoms with Crippen LogP contribution in [0.1, 0.15) is 21.5 Å². The predicted molar refractivity (Wildman–Crippen MR) is 82.9 cm³/mol. The molecule has 0 bridgehead atoms. The number of amides is 1. The van der Waals surface area contributed by atoms with Crippen LogP contribution in [0.5, 0.6) is 0 Å². The SMILES string of the molecule is O=C(NCC1CSCCS1)c1ccc2c(c1)CNC2. The Bertz CT molecular complexity index is 473. The molecule has 3 rings (SSSR count). The van der Waals surface area contributed by atoms with Gasteiger partial charge in [-0.3, -0.25) is 4.79 Å². The lowest BCUT2D eigenvalue weighted by molar-refractivity contribution is 0.0954. The lowest BCUT2D eigenvalue weighted by atomic mass is 10.1. The first kappa shape index (κ1) is 13.3. The molecule has 0 aliphatic carbocycles. The van der Waals surface area contributed by atoms with Gasteiger partial charge >= 0.3 is 0 Å². The van der Waals surface area contributed by atoms with Crippen LogP contribution in [0, 0.1) is 0 Å². The molecule has 1 saturated heterocycles. The summed E-state index contributed by atoms with van der Waals surface area (Å²) in [5.41, 5.74) is 3.36. The van der Waals surface area contributed by atoms with Crippen molar-refractivity contribution in [3.8, 4) is 0 Å². The van der Waals surface area contributed by atoms with E-state index in [-0.39, 0.29) is 5.91 Å². The summed E-state index contributed by atoms with van der Waals surface area (Å²) in [5.74, 6) is 3.66. The smallest absolute Gasteiger partial charge is 0.251 e. The maximum Gasteiger partial charge on any atom is 0.251 e. The Morgan fingerprint density at radius 1 is 1.32 bits per heavy atom. The Hall–Kier alpha value is -0.650. The van der Waals surface area contributed by atoms with Gasteiger partial charge in [0.15, 0.2) is 0 Å². The molecule has 2 aliphatic heterocycles. The van der Waals surface area contributed by atoms with Gasteiger partial charge < -0.3 is 10.6 Å². The van der Waals surface area contributed by atoms with Gasteiger partial charge in [-0.1, -0.05) is 6.07 Å². The summed E-state index contributed by atoms with van der Waals surface area (Å²) in [4.78, 5) is 12.1. The number of nitrogens with one attached hydrogen (secondary N) is 2. The molecule has 102 valence electrons. The highest BCUT2D eigenvalue weighted by Gasteiger charge is 2.17. The largest absolute Gasteiger partial charge is 0.351 e. The monoisotopic (exact) mass is 294 g/mol. The number of rotatable bonds is 3. The molecular weight excluding hydrogens is 276 g/mol. The van der Waals surface area contributed by atoms with E-state index >= 15 is 0 Å². The summed E-state index contributed by atoms with van der Waals surface area (Å²) in [6.07, 6.45) is 0. The van der Waals surface area contributed by atoms with Crippen molar-refractivity contribution in [2.75, 3.05) is 23.8 Å². The third-order valence-corrected chi connectivity index (χ3v) is 6.32. The van der Waals surface area contributed by atoms with E-state index in [4.69, 9.17) is 0 Å². The van der Waals surface area contributed by atoms with Crippen LogP contribution < -0.4 is 10.6 Å². The summed E-state index contributed by atoms with van der Waals surface area (Å²) in [6.45, 7) is 2.59. The van der Waals surface area contributed by atoms with E-state index in [1.54, 1.807) is 0 Å². The number of hydrogen-bond donors (Lipinski definition) is 2. The zero-order valence-corrected chi connectivity index (χ0v) is 12.4. The summed E-state index contributed by atoms with van der Waals surface area (Å²) in [5, 5.41) is 6.93. The van der Waals surface area contributed by atoms with Crippen LogP contribution in [-0.4, -0.2) is 35.0 Å². The minimum absolute atomic E-state index is 0.0610. The van der Waals surface area contributed by atoms with E-state index in [9.17, 15) is 4.79 Å². The van der Waals surface area contributed by atoms with Crippen LogP contribution in [-0.2, 0) is 13.1 Å². The number of fused-ring (bicyclic) bond motifs is 1. The standard InChI is InChI=1S/C14H18N2OS2/c17-14(16-8-13-9-18-3-4-19-13)10-1-2-11-6-15-7-12(11)5-10/h1-2,5,13,15H,3-4,6-9H2,(H,16,17). The summed E-state index contributed by atoms with van der Waals surface area (Å²) in [7, 11) is 0. The number of benzene rings is 1. The zero-order valence-electron chi connectivity index (χ0n) is 10.8. The fraction of sp³-hybridized carbons (Fsp3) is 0.500. The normalized spacial score (nSPS) is 22.0. The van der Waals surface area contributed by atoms with Crippen LogP contribution in [0.3, 0.4) is 0 Å². The van der Waals surface area contributed by atoms with Crippen LogP contribution in [0.2, 0.25) is 0 Å². The van der Waals surface area contributed by atoms with Crippen molar-refractivity contribution in [1.82, 2.24) is 10.6 Å². The van der Waals surface area contributed by atoms with Crippen molar-refractivity contribution in [3.05, 3.63) is 34.9 Å². The van der Waals surface area contributed by atoms with E-state index in [1.165, 1.54) is 22.6 Å². The molecule has 0 aromatic heterocycles. The molecule has 2 N–H and O–H groups in total. The Morgan fingerprint density at radius 3 is 3.05 bits per heavy atom. The van der Waals surface area contributed by atoms with Crippen molar-refractivity contribution >= 4 is 29.4 Å². The molecule has 0 radical (unpaired) electrons. The molecule has 3 nitrogen and oxygen atoms in total. The van der Waals surface area contributed by atoms with E-state index in [0.717, 1.165) is 31.0 Å². The third-order valence-electron chi connectivity index (χ3n) is 3.47. The van der Waals surface area contributed by atoms with Gasteiger partial charge in [0, 0.05) is 47.7 Å². The first-order valence-corrected chi connectivity index (χ1v) is 8.83. The number of thioether (sulfide) groups is 2. The lowest BCUT2D eigenvalue weighted by Gasteiger charge is -2.21. The van der Waals surface area contributed by atoms with Crippen LogP contribution in [0.15, 0.2) is 18.2 Å². The molecular formula is C14H18N2OS2. The van der Waals surface area contributed by atoms with Gasteiger partial charge in [0.05, 0.1) is 0 Å². The average molecular weight is 294 g/mol. The lowest BCUT2D eigenvalue weighted by Crippen LogP contribution is -2.33. The van der Waals surface area contributed by atoms with Crippen molar-refractivity contribution in [2.45, 2.75) is 18.3 Å². The quantitative estimate of drug-likeness (QED) is 0.893. The Labute approximate surface area is 122 Å². The van der Waals surface area contributed by atoms with E-state index in [0.29, 0.717) is 5.25 Å². The second-order valence-corrected chi connectivity index (χ2v) is 7.42. The van der Waals surface area contributed by atoms with Gasteiger partial charge in [0.25, 0.3) is 5.91 Å². The highest BCUT2D eigenvalue weighted by atomic mass is 32.2. The first-order valence-electron chi connectivity index (χ1n) is 6.63. The maximum atomic E-state index is 12.1. The van der Waals surface area contributed by atoms with Crippen molar-refractivity contribution < 1.29 is 4.79 Å². The van der Waals surface area contributed by atoms with Crippen LogP contribution in [0.4, 0.5) is 0 Å². The second kappa shape index (κ2) is 6.20. The minimum Gasteiger partial charge on any atom is -0.351 e. The fourth-order valence-electron chi connectivity index (χ4n) is 2.40. The average Bonchev–Trinajstić information content (AvgIpc) is 2.93. The van der Waals surface area contributed by atoms with Crippen LogP contribution >= 0.6 is 23.5 Å². The molecule has 5 heteroatoms. The first-order chi connectivity index (χ1) is 9.33. The molecule has 19 heavy (non-hydrogen) atoms. The zero-order chi connectivity index (χ0) is 13.1. The molecule has 1 aromatic rings. The van der Waals surface area contributed by atoms with Crippen molar-refractivity contribution in [1.29, 1.82) is 0 Å². The van der Waals surface area contributed by atoms with E-state index in [2.05, 4.69) is 16.7 Å². The summed E-state index contributed by atoms with van der Waals surface area (Å²) < 4.78 is 0. The molecule has 2 heterocycles. The van der Waals surface area contributed by atoms with Gasteiger partial charge in [0.2, 0.25) is 0 Å². The molecule has 1 aromatic carbocycles. The molecule has 1 fully saturated rings. The highest BCUT2D eigenvalue weighted by Crippen LogP contribution is 2.23. The molecule has 2 aliphatic rings. The van der Waals surface area contributed by atoms with Gasteiger partial charge in [-0.25, -0.2) is 0 Å². The molecule has 1 atom stereocenters. The maximum absolute atomic E-state index is 12.1. The molecule has 1 amide bonds. The van der Waals surface area contributed by atoms with Gasteiger partial charge in [-0.15, -0.1) is 0 Å². The second-order valence-electron chi connectivity index (χ2n) is 4.86. The molecule has 0 spiro atoms. The van der Waals surface area contributed by atoms with Crippen LogP contribution in [0.25, 0.3) is 0 Å². The summed E-state index contributed by atoms with van der Waals surface area (Å²) >= 11 is 3.96. The molecule has 0 saturated carbocycles. The number of hydrogen-bond acceptors (Lipinski definition) is 4. The topological polar surface area (TPSA) is 41.1 Å². The van der Waals surface area contributed by atoms with Crippen molar-refractivity contribution in [3.63, 3.8) is 0 Å². The Morgan fingerprint density at radius 2 is 2.21 bits per heavy atom. The summed E-state index contributed by atoms with van der Waals surface area (Å²) in [6, 6.07) is 6.02. The minimum atomic E-state index is 0.0610. The highest BCUT2D eigenvalue weighted by molar-refractivity contribution is 8.06.